The van der Waals surface area contributed by atoms with Gasteiger partial charge in [0.05, 0.1) is 23.3 Å². The standard InChI is InChI=1S/C22H31N5O2S/c1-5-10-27-18-9-7-6-8-17(18)23-21(27)30-16-20(29)26-13-11-25(12-14-26)15-19(28)24-22(2,3)4/h5-9H,1,10-16H2,2-4H3,(H,24,28). The first kappa shape index (κ1) is 22.4. The van der Waals surface area contributed by atoms with Gasteiger partial charge in [-0.15, -0.1) is 6.58 Å². The molecule has 0 aliphatic carbocycles. The highest BCUT2D eigenvalue weighted by Crippen LogP contribution is 2.24. The summed E-state index contributed by atoms with van der Waals surface area (Å²) in [5.41, 5.74) is 1.75. The maximum absolute atomic E-state index is 12.7. The summed E-state index contributed by atoms with van der Waals surface area (Å²) in [5.74, 6) is 0.486. The van der Waals surface area contributed by atoms with E-state index in [0.717, 1.165) is 16.2 Å². The fourth-order valence-corrected chi connectivity index (χ4v) is 4.43. The molecule has 2 aromatic rings. The molecular formula is C22H31N5O2S. The summed E-state index contributed by atoms with van der Waals surface area (Å²) in [6.45, 7) is 13.5. The molecule has 0 atom stereocenters. The molecule has 8 heteroatoms. The molecule has 2 amide bonds. The molecule has 30 heavy (non-hydrogen) atoms. The molecule has 3 rings (SSSR count). The van der Waals surface area contributed by atoms with Crippen LogP contribution < -0.4 is 5.32 Å². The number of thioether (sulfide) groups is 1. The third kappa shape index (κ3) is 5.86. The van der Waals surface area contributed by atoms with Crippen LogP contribution in [0.15, 0.2) is 42.1 Å². The third-order valence-corrected chi connectivity index (χ3v) is 5.82. The molecule has 0 saturated carbocycles. The number of hydrogen-bond acceptors (Lipinski definition) is 5. The van der Waals surface area contributed by atoms with Crippen molar-refractivity contribution < 1.29 is 9.59 Å². The van der Waals surface area contributed by atoms with Crippen LogP contribution in [0.4, 0.5) is 0 Å². The van der Waals surface area contributed by atoms with E-state index in [9.17, 15) is 9.59 Å². The van der Waals surface area contributed by atoms with Crippen LogP contribution in [0.1, 0.15) is 20.8 Å². The molecule has 1 aromatic carbocycles. The SMILES string of the molecule is C=CCn1c(SCC(=O)N2CCN(CC(=O)NC(C)(C)C)CC2)nc2ccccc21. The van der Waals surface area contributed by atoms with Gasteiger partial charge in [-0.25, -0.2) is 4.98 Å². The monoisotopic (exact) mass is 429 g/mol. The number of nitrogens with one attached hydrogen (secondary N) is 1. The Bertz CT molecular complexity index is 910. The van der Waals surface area contributed by atoms with Crippen LogP contribution in [0.25, 0.3) is 11.0 Å². The lowest BCUT2D eigenvalue weighted by atomic mass is 10.1. The summed E-state index contributed by atoms with van der Waals surface area (Å²) in [7, 11) is 0. The molecular weight excluding hydrogens is 398 g/mol. The molecule has 0 unspecified atom stereocenters. The molecule has 1 N–H and O–H groups in total. The number of rotatable bonds is 7. The van der Waals surface area contributed by atoms with Crippen LogP contribution in [0, 0.1) is 0 Å². The predicted octanol–water partition coefficient (Wildman–Crippen LogP) is 2.37. The third-order valence-electron chi connectivity index (χ3n) is 4.86. The van der Waals surface area contributed by atoms with E-state index in [1.165, 1.54) is 11.8 Å². The normalized spacial score (nSPS) is 15.4. The van der Waals surface area contributed by atoms with Crippen LogP contribution in [0.5, 0.6) is 0 Å². The molecule has 162 valence electrons. The number of benzene rings is 1. The summed E-state index contributed by atoms with van der Waals surface area (Å²) in [6, 6.07) is 7.97. The number of amides is 2. The summed E-state index contributed by atoms with van der Waals surface area (Å²) >= 11 is 1.47. The first-order valence-corrected chi connectivity index (χ1v) is 11.3. The molecule has 0 radical (unpaired) electrons. The van der Waals surface area contributed by atoms with Crippen LogP contribution in [-0.2, 0) is 16.1 Å². The second-order valence-corrected chi connectivity index (χ2v) is 9.47. The minimum atomic E-state index is -0.228. The lowest BCUT2D eigenvalue weighted by molar-refractivity contribution is -0.130. The quantitative estimate of drug-likeness (QED) is 0.541. The van der Waals surface area contributed by atoms with Gasteiger partial charge >= 0.3 is 0 Å². The fraction of sp³-hybridized carbons (Fsp3) is 0.500. The van der Waals surface area contributed by atoms with Crippen molar-refractivity contribution in [1.29, 1.82) is 0 Å². The van der Waals surface area contributed by atoms with Crippen molar-refractivity contribution in [2.45, 2.75) is 38.0 Å². The van der Waals surface area contributed by atoms with E-state index in [0.29, 0.717) is 45.0 Å². The molecule has 0 spiro atoms. The van der Waals surface area contributed by atoms with E-state index in [2.05, 4.69) is 26.3 Å². The number of imidazole rings is 1. The minimum Gasteiger partial charge on any atom is -0.350 e. The van der Waals surface area contributed by atoms with Crippen LogP contribution in [-0.4, -0.2) is 75.2 Å². The summed E-state index contributed by atoms with van der Waals surface area (Å²) in [4.78, 5) is 33.5. The van der Waals surface area contributed by atoms with Crippen LogP contribution >= 0.6 is 11.8 Å². The zero-order chi connectivity index (χ0) is 21.7. The molecule has 1 aromatic heterocycles. The number of aromatic nitrogens is 2. The van der Waals surface area contributed by atoms with Crippen molar-refractivity contribution in [3.8, 4) is 0 Å². The zero-order valence-corrected chi connectivity index (χ0v) is 18.9. The number of piperazine rings is 1. The lowest BCUT2D eigenvalue weighted by Crippen LogP contribution is -2.53. The Kier molecular flexibility index (Phi) is 7.20. The summed E-state index contributed by atoms with van der Waals surface area (Å²) < 4.78 is 2.09. The van der Waals surface area contributed by atoms with Crippen molar-refractivity contribution in [2.75, 3.05) is 38.5 Å². The van der Waals surface area contributed by atoms with Gasteiger partial charge in [0.2, 0.25) is 11.8 Å². The fourth-order valence-electron chi connectivity index (χ4n) is 3.50. The van der Waals surface area contributed by atoms with Crippen LogP contribution in [0.3, 0.4) is 0 Å². The van der Waals surface area contributed by atoms with Crippen molar-refractivity contribution in [3.63, 3.8) is 0 Å². The summed E-state index contributed by atoms with van der Waals surface area (Å²) in [6.07, 6.45) is 1.84. The number of para-hydroxylation sites is 2. The number of hydrogen-bond donors (Lipinski definition) is 1. The Morgan fingerprint density at radius 1 is 1.20 bits per heavy atom. The van der Waals surface area contributed by atoms with Gasteiger partial charge in [0.25, 0.3) is 0 Å². The lowest BCUT2D eigenvalue weighted by Gasteiger charge is -2.34. The maximum atomic E-state index is 12.7. The van der Waals surface area contributed by atoms with Crippen molar-refractivity contribution in [3.05, 3.63) is 36.9 Å². The molecule has 2 heterocycles. The molecule has 1 saturated heterocycles. The van der Waals surface area contributed by atoms with Crippen molar-refractivity contribution in [2.24, 2.45) is 0 Å². The van der Waals surface area contributed by atoms with Crippen molar-refractivity contribution in [1.82, 2.24) is 24.7 Å². The average Bonchev–Trinajstić information content (AvgIpc) is 3.03. The molecule has 1 aliphatic rings. The number of nitrogens with zero attached hydrogens (tertiary/aromatic N) is 4. The number of carbonyl (C=O) groups is 2. The Morgan fingerprint density at radius 3 is 2.57 bits per heavy atom. The largest absolute Gasteiger partial charge is 0.350 e. The average molecular weight is 430 g/mol. The van der Waals surface area contributed by atoms with Gasteiger partial charge in [0.1, 0.15) is 0 Å². The first-order valence-electron chi connectivity index (χ1n) is 10.3. The highest BCUT2D eigenvalue weighted by molar-refractivity contribution is 7.99. The topological polar surface area (TPSA) is 70.5 Å². The van der Waals surface area contributed by atoms with Gasteiger partial charge in [-0.1, -0.05) is 30.0 Å². The molecule has 0 bridgehead atoms. The second-order valence-electron chi connectivity index (χ2n) is 8.53. The van der Waals surface area contributed by atoms with Gasteiger partial charge in [-0.3, -0.25) is 14.5 Å². The number of fused-ring (bicyclic) bond motifs is 1. The Morgan fingerprint density at radius 2 is 1.90 bits per heavy atom. The Balaban J connectivity index is 1.51. The first-order chi connectivity index (χ1) is 14.3. The number of carbonyl (C=O) groups excluding carboxylic acids is 2. The second kappa shape index (κ2) is 9.66. The number of allylic oxidation sites excluding steroid dienone is 1. The van der Waals surface area contributed by atoms with E-state index >= 15 is 0 Å². The maximum Gasteiger partial charge on any atom is 0.234 e. The van der Waals surface area contributed by atoms with Gasteiger partial charge in [-0.05, 0) is 32.9 Å². The Labute approximate surface area is 182 Å². The van der Waals surface area contributed by atoms with Gasteiger partial charge in [0, 0.05) is 38.3 Å². The van der Waals surface area contributed by atoms with E-state index in [1.54, 1.807) is 0 Å². The van der Waals surface area contributed by atoms with Crippen LogP contribution in [0.2, 0.25) is 0 Å². The van der Waals surface area contributed by atoms with E-state index in [-0.39, 0.29) is 17.4 Å². The molecule has 1 fully saturated rings. The predicted molar refractivity (Wildman–Crippen MR) is 122 cm³/mol. The van der Waals surface area contributed by atoms with E-state index in [1.807, 2.05) is 56.0 Å². The highest BCUT2D eigenvalue weighted by Gasteiger charge is 2.24. The van der Waals surface area contributed by atoms with Crippen molar-refractivity contribution >= 4 is 34.6 Å². The highest BCUT2D eigenvalue weighted by atomic mass is 32.2. The van der Waals surface area contributed by atoms with E-state index in [4.69, 9.17) is 0 Å². The molecule has 7 nitrogen and oxygen atoms in total. The van der Waals surface area contributed by atoms with Gasteiger partial charge in [0.15, 0.2) is 5.16 Å². The molecule has 1 aliphatic heterocycles. The smallest absolute Gasteiger partial charge is 0.234 e. The Hall–Kier alpha value is -2.32. The summed E-state index contributed by atoms with van der Waals surface area (Å²) in [5, 5.41) is 3.82. The van der Waals surface area contributed by atoms with Gasteiger partial charge in [-0.2, -0.15) is 0 Å². The van der Waals surface area contributed by atoms with Gasteiger partial charge < -0.3 is 14.8 Å². The minimum absolute atomic E-state index is 0.0268. The zero-order valence-electron chi connectivity index (χ0n) is 18.1. The van der Waals surface area contributed by atoms with E-state index < -0.39 is 0 Å².